The molecular formula is C14H29NO2. The lowest BCUT2D eigenvalue weighted by atomic mass is 9.85. The van der Waals surface area contributed by atoms with Gasteiger partial charge in [-0.1, -0.05) is 0 Å². The maximum absolute atomic E-state index is 9.47. The van der Waals surface area contributed by atoms with E-state index in [0.717, 1.165) is 0 Å². The van der Waals surface area contributed by atoms with E-state index in [0.29, 0.717) is 24.5 Å². The van der Waals surface area contributed by atoms with Gasteiger partial charge in [0.15, 0.2) is 0 Å². The molecule has 1 atom stereocenters. The van der Waals surface area contributed by atoms with Crippen LogP contribution in [0.25, 0.3) is 0 Å². The largest absolute Gasteiger partial charge is 0.396 e. The highest BCUT2D eigenvalue weighted by molar-refractivity contribution is 4.79. The minimum absolute atomic E-state index is 0.263. The zero-order valence-corrected chi connectivity index (χ0v) is 11.9. The van der Waals surface area contributed by atoms with Gasteiger partial charge in [-0.15, -0.1) is 0 Å². The highest BCUT2D eigenvalue weighted by atomic mass is 16.5. The van der Waals surface area contributed by atoms with Gasteiger partial charge in [0.05, 0.1) is 12.7 Å². The van der Waals surface area contributed by atoms with Crippen LogP contribution < -0.4 is 0 Å². The van der Waals surface area contributed by atoms with Crippen LogP contribution in [0, 0.1) is 11.8 Å². The summed E-state index contributed by atoms with van der Waals surface area (Å²) in [6, 6.07) is 0.649. The first kappa shape index (κ1) is 14.9. The van der Waals surface area contributed by atoms with Crippen molar-refractivity contribution in [3.05, 3.63) is 0 Å². The minimum atomic E-state index is 0.263. The molecule has 0 bridgehead atoms. The molecule has 1 fully saturated rings. The van der Waals surface area contributed by atoms with Gasteiger partial charge < -0.3 is 14.7 Å². The van der Waals surface area contributed by atoms with Gasteiger partial charge in [-0.2, -0.15) is 0 Å². The molecule has 3 heteroatoms. The summed E-state index contributed by atoms with van der Waals surface area (Å²) in [6.45, 7) is 11.9. The molecule has 0 saturated carbocycles. The van der Waals surface area contributed by atoms with Crippen molar-refractivity contribution in [3.63, 3.8) is 0 Å². The van der Waals surface area contributed by atoms with Crippen LogP contribution in [0.3, 0.4) is 0 Å². The zero-order valence-electron chi connectivity index (χ0n) is 11.9. The van der Waals surface area contributed by atoms with Crippen molar-refractivity contribution in [1.29, 1.82) is 0 Å². The number of hydrogen-bond donors (Lipinski definition) is 1. The minimum Gasteiger partial charge on any atom is -0.396 e. The van der Waals surface area contributed by atoms with Gasteiger partial charge in [0.1, 0.15) is 0 Å². The Labute approximate surface area is 106 Å². The Morgan fingerprint density at radius 3 is 2.18 bits per heavy atom. The Kier molecular flexibility index (Phi) is 6.45. The number of nitrogens with zero attached hydrogens (tertiary/aromatic N) is 1. The summed E-state index contributed by atoms with van der Waals surface area (Å²) in [6.07, 6.45) is 2.66. The summed E-state index contributed by atoms with van der Waals surface area (Å²) in [4.78, 5) is 2.52. The molecule has 0 radical (unpaired) electrons. The lowest BCUT2D eigenvalue weighted by molar-refractivity contribution is -0.00141. The van der Waals surface area contributed by atoms with Crippen LogP contribution in [0.5, 0.6) is 0 Å². The molecule has 0 aromatic rings. The molecule has 17 heavy (non-hydrogen) atoms. The first-order valence-electron chi connectivity index (χ1n) is 7.01. The molecule has 0 spiro atoms. The second-order valence-electron chi connectivity index (χ2n) is 5.79. The van der Waals surface area contributed by atoms with Gasteiger partial charge >= 0.3 is 0 Å². The molecule has 1 aliphatic heterocycles. The second-order valence-corrected chi connectivity index (χ2v) is 5.79. The quantitative estimate of drug-likeness (QED) is 0.776. The van der Waals surface area contributed by atoms with E-state index in [1.54, 1.807) is 0 Å². The van der Waals surface area contributed by atoms with Crippen molar-refractivity contribution in [2.75, 3.05) is 26.3 Å². The monoisotopic (exact) mass is 243 g/mol. The van der Waals surface area contributed by atoms with Crippen LogP contribution in [0.2, 0.25) is 0 Å². The van der Waals surface area contributed by atoms with Gasteiger partial charge in [0, 0.05) is 18.6 Å². The van der Waals surface area contributed by atoms with E-state index in [1.807, 2.05) is 0 Å². The highest BCUT2D eigenvalue weighted by Gasteiger charge is 2.27. The van der Waals surface area contributed by atoms with E-state index in [1.165, 1.54) is 25.9 Å². The molecule has 1 rings (SSSR count). The molecule has 1 saturated heterocycles. The number of hydrogen-bond acceptors (Lipinski definition) is 3. The number of piperidine rings is 1. The average Bonchev–Trinajstić information content (AvgIpc) is 2.30. The fourth-order valence-electron chi connectivity index (χ4n) is 2.56. The third-order valence-corrected chi connectivity index (χ3v) is 3.85. The molecule has 1 unspecified atom stereocenters. The number of likely N-dealkylation sites (tertiary alicyclic amines) is 1. The van der Waals surface area contributed by atoms with E-state index in [4.69, 9.17) is 4.74 Å². The Balaban J connectivity index is 2.34. The smallest absolute Gasteiger partial charge is 0.0522 e. The lowest BCUT2D eigenvalue weighted by Gasteiger charge is -2.37. The van der Waals surface area contributed by atoms with Gasteiger partial charge in [-0.3, -0.25) is 0 Å². The molecule has 0 amide bonds. The van der Waals surface area contributed by atoms with Gasteiger partial charge in [0.25, 0.3) is 0 Å². The van der Waals surface area contributed by atoms with E-state index < -0.39 is 0 Å². The van der Waals surface area contributed by atoms with Crippen molar-refractivity contribution in [2.24, 2.45) is 11.8 Å². The van der Waals surface area contributed by atoms with Gasteiger partial charge in [0.2, 0.25) is 0 Å². The van der Waals surface area contributed by atoms with Crippen LogP contribution in [0.4, 0.5) is 0 Å². The molecule has 1 heterocycles. The van der Waals surface area contributed by atoms with E-state index in [9.17, 15) is 5.11 Å². The van der Waals surface area contributed by atoms with Crippen LogP contribution in [-0.4, -0.2) is 48.5 Å². The summed E-state index contributed by atoms with van der Waals surface area (Å²) < 4.78 is 5.65. The Morgan fingerprint density at radius 1 is 1.18 bits per heavy atom. The molecule has 102 valence electrons. The molecule has 3 nitrogen and oxygen atoms in total. The number of aliphatic hydroxyl groups is 1. The van der Waals surface area contributed by atoms with E-state index in [-0.39, 0.29) is 12.7 Å². The van der Waals surface area contributed by atoms with Crippen LogP contribution in [0.1, 0.15) is 40.5 Å². The Hall–Kier alpha value is -0.120. The predicted octanol–water partition coefficient (Wildman–Crippen LogP) is 2.14. The Morgan fingerprint density at radius 2 is 1.76 bits per heavy atom. The highest BCUT2D eigenvalue weighted by Crippen LogP contribution is 2.26. The summed E-state index contributed by atoms with van der Waals surface area (Å²) in [5.41, 5.74) is 0. The molecule has 1 aliphatic rings. The number of ether oxygens (including phenoxy) is 1. The van der Waals surface area contributed by atoms with E-state index >= 15 is 0 Å². The summed E-state index contributed by atoms with van der Waals surface area (Å²) in [5.74, 6) is 0.959. The molecule has 0 aromatic carbocycles. The predicted molar refractivity (Wildman–Crippen MR) is 71.1 cm³/mol. The zero-order chi connectivity index (χ0) is 12.8. The second kappa shape index (κ2) is 7.34. The summed E-state index contributed by atoms with van der Waals surface area (Å²) >= 11 is 0. The summed E-state index contributed by atoms with van der Waals surface area (Å²) in [5, 5.41) is 9.47. The van der Waals surface area contributed by atoms with E-state index in [2.05, 4.69) is 32.6 Å². The first-order chi connectivity index (χ1) is 8.04. The normalized spacial score (nSPS) is 21.4. The van der Waals surface area contributed by atoms with Gasteiger partial charge in [-0.05, 0) is 59.5 Å². The maximum atomic E-state index is 9.47. The average molecular weight is 243 g/mol. The van der Waals surface area contributed by atoms with Crippen LogP contribution >= 0.6 is 0 Å². The van der Waals surface area contributed by atoms with Gasteiger partial charge in [-0.25, -0.2) is 0 Å². The van der Waals surface area contributed by atoms with Crippen molar-refractivity contribution >= 4 is 0 Å². The summed E-state index contributed by atoms with van der Waals surface area (Å²) in [7, 11) is 0. The van der Waals surface area contributed by atoms with Crippen LogP contribution in [0.15, 0.2) is 0 Å². The Bertz CT molecular complexity index is 198. The fraction of sp³-hybridized carbons (Fsp3) is 1.00. The number of rotatable bonds is 6. The van der Waals surface area contributed by atoms with Crippen molar-refractivity contribution in [3.8, 4) is 0 Å². The van der Waals surface area contributed by atoms with Crippen molar-refractivity contribution in [2.45, 2.75) is 52.7 Å². The molecule has 1 N–H and O–H groups in total. The fourth-order valence-corrected chi connectivity index (χ4v) is 2.56. The van der Waals surface area contributed by atoms with Crippen molar-refractivity contribution < 1.29 is 9.84 Å². The SMILES string of the molecule is CC(C)OCC(CO)C1CCN(C(C)C)CC1. The number of aliphatic hydroxyl groups excluding tert-OH is 1. The third-order valence-electron chi connectivity index (χ3n) is 3.85. The topological polar surface area (TPSA) is 32.7 Å². The molecule has 0 aliphatic carbocycles. The maximum Gasteiger partial charge on any atom is 0.0522 e. The van der Waals surface area contributed by atoms with Crippen LogP contribution in [-0.2, 0) is 4.74 Å². The third kappa shape index (κ3) is 4.94. The molecule has 0 aromatic heterocycles. The lowest BCUT2D eigenvalue weighted by Crippen LogP contribution is -2.41. The standard InChI is InChI=1S/C14H29NO2/c1-11(2)15-7-5-13(6-8-15)14(9-16)10-17-12(3)4/h11-14,16H,5-10H2,1-4H3. The molecular weight excluding hydrogens is 214 g/mol. The van der Waals surface area contributed by atoms with Crippen molar-refractivity contribution in [1.82, 2.24) is 4.90 Å². The first-order valence-corrected chi connectivity index (χ1v) is 7.01.